The van der Waals surface area contributed by atoms with Gasteiger partial charge in [0, 0.05) is 0 Å². The summed E-state index contributed by atoms with van der Waals surface area (Å²) in [5, 5.41) is 7.37. The molecule has 2 N–H and O–H groups in total. The van der Waals surface area contributed by atoms with E-state index in [1.165, 1.54) is 22.3 Å². The molecule has 1 aromatic heterocycles. The maximum Gasteiger partial charge on any atom is 0.148 e. The van der Waals surface area contributed by atoms with Crippen LogP contribution >= 0.6 is 0 Å². The second-order valence-corrected chi connectivity index (χ2v) is 10.1. The second kappa shape index (κ2) is 10.6. The molecule has 194 valence electrons. The van der Waals surface area contributed by atoms with Crippen LogP contribution in [0.5, 0.6) is 0 Å². The van der Waals surface area contributed by atoms with E-state index in [0.717, 1.165) is 23.1 Å². The zero-order chi connectivity index (χ0) is 26.7. The highest BCUT2D eigenvalue weighted by molar-refractivity contribution is 6.02. The first-order valence-electron chi connectivity index (χ1n) is 13.7. The van der Waals surface area contributed by atoms with Gasteiger partial charge in [0.2, 0.25) is 0 Å². The standard InChI is InChI=1S/C35H29N5/c1-5-14-24(15-6-1)30-31(25-16-7-2-8-17-25)38-34(37-30)28-22-13-23-29(36-28)35-39-32(26-18-9-3-10-19-26)33(40-35)27-20-11-4-12-21-27/h1-23,30-33H,(H,37,38)(H,39,40)/t30-,31-,32-,33-/m1/s1. The van der Waals surface area contributed by atoms with E-state index in [4.69, 9.17) is 15.0 Å². The van der Waals surface area contributed by atoms with Crippen LogP contribution in [0.4, 0.5) is 0 Å². The van der Waals surface area contributed by atoms with Gasteiger partial charge in [0.25, 0.3) is 0 Å². The third-order valence-electron chi connectivity index (χ3n) is 7.59. The molecule has 0 spiro atoms. The number of pyridine rings is 1. The number of aliphatic imine (C=N–C) groups is 2. The van der Waals surface area contributed by atoms with Crippen molar-refractivity contribution in [1.29, 1.82) is 0 Å². The highest BCUT2D eigenvalue weighted by Crippen LogP contribution is 2.38. The van der Waals surface area contributed by atoms with Crippen molar-refractivity contribution in [2.45, 2.75) is 24.2 Å². The van der Waals surface area contributed by atoms with Crippen LogP contribution in [0.2, 0.25) is 0 Å². The summed E-state index contributed by atoms with van der Waals surface area (Å²) in [6.45, 7) is 0. The average molecular weight is 520 g/mol. The van der Waals surface area contributed by atoms with Gasteiger partial charge in [-0.2, -0.15) is 0 Å². The van der Waals surface area contributed by atoms with Gasteiger partial charge >= 0.3 is 0 Å². The van der Waals surface area contributed by atoms with E-state index in [-0.39, 0.29) is 24.2 Å². The summed E-state index contributed by atoms with van der Waals surface area (Å²) in [6, 6.07) is 48.0. The Morgan fingerprint density at radius 3 is 1.10 bits per heavy atom. The third kappa shape index (κ3) is 4.67. The Balaban J connectivity index is 1.23. The third-order valence-corrected chi connectivity index (χ3v) is 7.59. The van der Waals surface area contributed by atoms with Crippen molar-refractivity contribution < 1.29 is 0 Å². The number of benzene rings is 4. The Labute approximate surface area is 234 Å². The van der Waals surface area contributed by atoms with Crippen LogP contribution in [0, 0.1) is 0 Å². The Morgan fingerprint density at radius 2 is 0.725 bits per heavy atom. The minimum absolute atomic E-state index is 0.0240. The predicted octanol–water partition coefficient (Wildman–Crippen LogP) is 6.75. The fourth-order valence-electron chi connectivity index (χ4n) is 5.62. The van der Waals surface area contributed by atoms with E-state index in [0.29, 0.717) is 0 Å². The molecule has 4 atom stereocenters. The van der Waals surface area contributed by atoms with Gasteiger partial charge in [0.1, 0.15) is 35.1 Å². The summed E-state index contributed by atoms with van der Waals surface area (Å²) in [7, 11) is 0. The smallest absolute Gasteiger partial charge is 0.148 e. The van der Waals surface area contributed by atoms with Gasteiger partial charge in [-0.15, -0.1) is 0 Å². The topological polar surface area (TPSA) is 61.7 Å². The van der Waals surface area contributed by atoms with Crippen molar-refractivity contribution in [2.75, 3.05) is 0 Å². The number of amidine groups is 2. The minimum Gasteiger partial charge on any atom is -0.359 e. The zero-order valence-corrected chi connectivity index (χ0v) is 21.9. The molecule has 0 fully saturated rings. The highest BCUT2D eigenvalue weighted by Gasteiger charge is 2.34. The van der Waals surface area contributed by atoms with E-state index in [9.17, 15) is 0 Å². The van der Waals surface area contributed by atoms with Gasteiger partial charge < -0.3 is 10.6 Å². The molecule has 0 unspecified atom stereocenters. The quantitative estimate of drug-likeness (QED) is 0.261. The number of hydrogen-bond donors (Lipinski definition) is 2. The lowest BCUT2D eigenvalue weighted by molar-refractivity contribution is 0.572. The van der Waals surface area contributed by atoms with Gasteiger partial charge in [0.15, 0.2) is 0 Å². The number of hydrogen-bond acceptors (Lipinski definition) is 5. The number of nitrogens with zero attached hydrogens (tertiary/aromatic N) is 3. The van der Waals surface area contributed by atoms with Crippen LogP contribution in [0.3, 0.4) is 0 Å². The molecule has 0 saturated heterocycles. The molecule has 2 aliphatic rings. The first-order chi connectivity index (χ1) is 19.8. The van der Waals surface area contributed by atoms with Gasteiger partial charge in [-0.05, 0) is 34.4 Å². The maximum atomic E-state index is 5.16. The van der Waals surface area contributed by atoms with Crippen LogP contribution in [0.1, 0.15) is 57.8 Å². The summed E-state index contributed by atoms with van der Waals surface area (Å²) in [5.74, 6) is 1.59. The van der Waals surface area contributed by atoms with Crippen molar-refractivity contribution in [3.63, 3.8) is 0 Å². The molecule has 4 aromatic carbocycles. The maximum absolute atomic E-state index is 5.16. The Hall–Kier alpha value is -5.03. The predicted molar refractivity (Wildman–Crippen MR) is 160 cm³/mol. The van der Waals surface area contributed by atoms with Crippen LogP contribution in [-0.2, 0) is 0 Å². The number of aromatic nitrogens is 1. The van der Waals surface area contributed by atoms with E-state index in [1.807, 2.05) is 42.5 Å². The Bertz CT molecular complexity index is 1530. The second-order valence-electron chi connectivity index (χ2n) is 10.1. The largest absolute Gasteiger partial charge is 0.359 e. The van der Waals surface area contributed by atoms with Crippen molar-refractivity contribution in [3.05, 3.63) is 173 Å². The summed E-state index contributed by atoms with van der Waals surface area (Å²) >= 11 is 0. The normalized spacial score (nSPS) is 21.7. The summed E-state index contributed by atoms with van der Waals surface area (Å²) in [4.78, 5) is 15.4. The Kier molecular flexibility index (Phi) is 6.38. The molecule has 7 rings (SSSR count). The van der Waals surface area contributed by atoms with Crippen molar-refractivity contribution >= 4 is 11.7 Å². The molecule has 0 amide bonds. The molecular formula is C35H29N5. The molecule has 5 aromatic rings. The average Bonchev–Trinajstić information content (AvgIpc) is 3.69. The van der Waals surface area contributed by atoms with Crippen LogP contribution in [0.25, 0.3) is 0 Å². The summed E-state index contributed by atoms with van der Waals surface area (Å²) < 4.78 is 0. The minimum atomic E-state index is -0.0454. The van der Waals surface area contributed by atoms with E-state index >= 15 is 0 Å². The van der Waals surface area contributed by atoms with Gasteiger partial charge in [-0.1, -0.05) is 127 Å². The zero-order valence-electron chi connectivity index (χ0n) is 21.9. The molecule has 5 nitrogen and oxygen atoms in total. The molecule has 0 saturated carbocycles. The molecule has 0 bridgehead atoms. The SMILES string of the molecule is c1ccc([C@H]2N=C(c3cccc(C4=N[C@H](c5ccccc5)[C@@H](c5ccccc5)N4)n3)N[C@@H]2c2ccccc2)cc1. The highest BCUT2D eigenvalue weighted by atomic mass is 15.2. The van der Waals surface area contributed by atoms with Gasteiger partial charge in [0.05, 0.1) is 12.1 Å². The molecule has 2 aliphatic heterocycles. The van der Waals surface area contributed by atoms with Crippen LogP contribution in [0.15, 0.2) is 150 Å². The van der Waals surface area contributed by atoms with Gasteiger partial charge in [-0.3, -0.25) is 9.98 Å². The lowest BCUT2D eigenvalue weighted by atomic mass is 9.95. The van der Waals surface area contributed by atoms with Gasteiger partial charge in [-0.25, -0.2) is 4.98 Å². The first kappa shape index (κ1) is 24.0. The van der Waals surface area contributed by atoms with Crippen molar-refractivity contribution in [3.8, 4) is 0 Å². The van der Waals surface area contributed by atoms with E-state index in [2.05, 4.69) is 108 Å². The van der Waals surface area contributed by atoms with E-state index in [1.54, 1.807) is 0 Å². The number of rotatable bonds is 6. The van der Waals surface area contributed by atoms with Crippen LogP contribution in [-0.4, -0.2) is 16.7 Å². The summed E-state index contributed by atoms with van der Waals surface area (Å²) in [5.41, 5.74) is 6.36. The molecule has 40 heavy (non-hydrogen) atoms. The fourth-order valence-corrected chi connectivity index (χ4v) is 5.62. The van der Waals surface area contributed by atoms with Crippen LogP contribution < -0.4 is 10.6 Å². The monoisotopic (exact) mass is 519 g/mol. The molecule has 0 radical (unpaired) electrons. The van der Waals surface area contributed by atoms with Crippen molar-refractivity contribution in [1.82, 2.24) is 15.6 Å². The first-order valence-corrected chi connectivity index (χ1v) is 13.7. The summed E-state index contributed by atoms with van der Waals surface area (Å²) in [6.07, 6.45) is 0. The van der Waals surface area contributed by atoms with Crippen molar-refractivity contribution in [2.24, 2.45) is 9.98 Å². The Morgan fingerprint density at radius 1 is 0.375 bits per heavy atom. The van der Waals surface area contributed by atoms with E-state index < -0.39 is 0 Å². The number of nitrogens with one attached hydrogen (secondary N) is 2. The molecule has 5 heteroatoms. The fraction of sp³-hybridized carbons (Fsp3) is 0.114. The molecular weight excluding hydrogens is 490 g/mol. The lowest BCUT2D eigenvalue weighted by Gasteiger charge is -2.20. The lowest BCUT2D eigenvalue weighted by Crippen LogP contribution is -2.28. The molecule has 0 aliphatic carbocycles. The molecule has 3 heterocycles.